The number of esters is 2. The summed E-state index contributed by atoms with van der Waals surface area (Å²) in [4.78, 5) is 42.9. The van der Waals surface area contributed by atoms with Crippen LogP contribution in [0.4, 0.5) is 5.69 Å². The van der Waals surface area contributed by atoms with Crippen LogP contribution in [-0.4, -0.2) is 47.0 Å². The van der Waals surface area contributed by atoms with Crippen LogP contribution in [-0.2, 0) is 28.6 Å². The minimum absolute atomic E-state index is 0.162. The van der Waals surface area contributed by atoms with Crippen LogP contribution in [0.15, 0.2) is 24.3 Å². The molecule has 0 aliphatic heterocycles. The van der Waals surface area contributed by atoms with E-state index in [1.54, 1.807) is 0 Å². The van der Waals surface area contributed by atoms with Gasteiger partial charge in [0, 0.05) is 26.0 Å². The Morgan fingerprint density at radius 1 is 1.11 bits per heavy atom. The third kappa shape index (κ3) is 8.07. The summed E-state index contributed by atoms with van der Waals surface area (Å²) < 4.78 is 15.2. The number of hydrogen-bond donors (Lipinski definition) is 1. The van der Waals surface area contributed by atoms with Gasteiger partial charge in [0.05, 0.1) is 11.0 Å². The molecule has 10 nitrogen and oxygen atoms in total. The van der Waals surface area contributed by atoms with Gasteiger partial charge in [-0.25, -0.2) is 0 Å². The van der Waals surface area contributed by atoms with E-state index in [9.17, 15) is 24.5 Å². The second-order valence-electron chi connectivity index (χ2n) is 5.41. The molecule has 1 aromatic carbocycles. The van der Waals surface area contributed by atoms with E-state index in [1.165, 1.54) is 38.1 Å². The van der Waals surface area contributed by atoms with E-state index in [0.717, 1.165) is 0 Å². The highest BCUT2D eigenvalue weighted by Gasteiger charge is 2.29. The lowest BCUT2D eigenvalue weighted by atomic mass is 10.0. The molecule has 0 aliphatic carbocycles. The molecule has 0 aromatic heterocycles. The third-order valence-corrected chi connectivity index (χ3v) is 3.70. The highest BCUT2D eigenvalue weighted by atomic mass is 35.5. The molecule has 0 saturated heterocycles. The number of nitro benzene ring substituents is 1. The molecule has 12 heteroatoms. The van der Waals surface area contributed by atoms with E-state index in [-0.39, 0.29) is 12.3 Å². The fourth-order valence-corrected chi connectivity index (χ4v) is 2.20. The predicted molar refractivity (Wildman–Crippen MR) is 97.6 cm³/mol. The molecule has 0 spiro atoms. The van der Waals surface area contributed by atoms with Crippen molar-refractivity contribution in [2.45, 2.75) is 30.8 Å². The molecular formula is C16H18Cl2N2O8. The SMILES string of the molecule is CC(=O)OCO[C@H](c1ccc([N+](=O)[O-])cc1)[C@@H](COC(C)=O)NC(=O)C(Cl)Cl. The Balaban J connectivity index is 3.15. The Morgan fingerprint density at radius 2 is 1.68 bits per heavy atom. The summed E-state index contributed by atoms with van der Waals surface area (Å²) in [5.41, 5.74) is 0.223. The van der Waals surface area contributed by atoms with Gasteiger partial charge in [-0.15, -0.1) is 0 Å². The Hall–Kier alpha value is -2.43. The molecule has 0 fully saturated rings. The van der Waals surface area contributed by atoms with E-state index in [0.29, 0.717) is 5.56 Å². The van der Waals surface area contributed by atoms with Crippen molar-refractivity contribution >= 4 is 46.7 Å². The lowest BCUT2D eigenvalue weighted by molar-refractivity contribution is -0.384. The molecule has 1 amide bonds. The first-order valence-electron chi connectivity index (χ1n) is 7.83. The largest absolute Gasteiger partial charge is 0.464 e. The number of nitrogens with zero attached hydrogens (tertiary/aromatic N) is 1. The predicted octanol–water partition coefficient (Wildman–Crippen LogP) is 2.02. The fraction of sp³-hybridized carbons (Fsp3) is 0.438. The number of halogens is 2. The average Bonchev–Trinajstić information content (AvgIpc) is 2.62. The normalized spacial score (nSPS) is 12.8. The first kappa shape index (κ1) is 23.6. The first-order chi connectivity index (χ1) is 13.1. The van der Waals surface area contributed by atoms with Crippen LogP contribution in [0.3, 0.4) is 0 Å². The zero-order chi connectivity index (χ0) is 21.3. The first-order valence-corrected chi connectivity index (χ1v) is 8.70. The Kier molecular flexibility index (Phi) is 9.63. The van der Waals surface area contributed by atoms with Gasteiger partial charge < -0.3 is 19.5 Å². The number of nitro groups is 1. The summed E-state index contributed by atoms with van der Waals surface area (Å²) in [6.07, 6.45) is -1.00. The minimum atomic E-state index is -1.40. The van der Waals surface area contributed by atoms with Gasteiger partial charge >= 0.3 is 11.9 Å². The number of carbonyl (C=O) groups excluding carboxylic acids is 3. The van der Waals surface area contributed by atoms with Crippen molar-refractivity contribution in [1.29, 1.82) is 0 Å². The number of carbonyl (C=O) groups is 3. The van der Waals surface area contributed by atoms with Gasteiger partial charge in [0.1, 0.15) is 12.7 Å². The van der Waals surface area contributed by atoms with E-state index in [1.807, 2.05) is 0 Å². The number of benzene rings is 1. The van der Waals surface area contributed by atoms with Gasteiger partial charge in [-0.3, -0.25) is 24.5 Å². The van der Waals surface area contributed by atoms with Gasteiger partial charge in [0.15, 0.2) is 11.6 Å². The van der Waals surface area contributed by atoms with Crippen LogP contribution < -0.4 is 5.32 Å². The number of alkyl halides is 2. The number of hydrogen-bond acceptors (Lipinski definition) is 8. The molecule has 0 heterocycles. The van der Waals surface area contributed by atoms with E-state index >= 15 is 0 Å². The van der Waals surface area contributed by atoms with Gasteiger partial charge in [-0.2, -0.15) is 0 Å². The Bertz CT molecular complexity index is 711. The van der Waals surface area contributed by atoms with Gasteiger partial charge in [0.25, 0.3) is 11.6 Å². The lowest BCUT2D eigenvalue weighted by Crippen LogP contribution is -2.45. The summed E-state index contributed by atoms with van der Waals surface area (Å²) in [5.74, 6) is -2.00. The number of amides is 1. The second kappa shape index (κ2) is 11.4. The minimum Gasteiger partial charge on any atom is -0.464 e. The van der Waals surface area contributed by atoms with Crippen molar-refractivity contribution in [3.63, 3.8) is 0 Å². The summed E-state index contributed by atoms with van der Waals surface area (Å²) >= 11 is 11.1. The molecule has 154 valence electrons. The van der Waals surface area contributed by atoms with Crippen LogP contribution in [0.5, 0.6) is 0 Å². The van der Waals surface area contributed by atoms with Crippen molar-refractivity contribution in [1.82, 2.24) is 5.32 Å². The molecule has 1 N–H and O–H groups in total. The average molecular weight is 437 g/mol. The maximum Gasteiger partial charge on any atom is 0.304 e. The smallest absolute Gasteiger partial charge is 0.304 e. The zero-order valence-electron chi connectivity index (χ0n) is 14.9. The lowest BCUT2D eigenvalue weighted by Gasteiger charge is -2.28. The van der Waals surface area contributed by atoms with Gasteiger partial charge in [-0.1, -0.05) is 23.2 Å². The van der Waals surface area contributed by atoms with Crippen molar-refractivity contribution < 1.29 is 33.5 Å². The molecule has 0 bridgehead atoms. The second-order valence-corrected chi connectivity index (χ2v) is 6.50. The molecule has 0 unspecified atom stereocenters. The molecular weight excluding hydrogens is 419 g/mol. The van der Waals surface area contributed by atoms with E-state index in [2.05, 4.69) is 5.32 Å². The number of non-ortho nitro benzene ring substituents is 1. The topological polar surface area (TPSA) is 134 Å². The third-order valence-electron chi connectivity index (χ3n) is 3.30. The zero-order valence-corrected chi connectivity index (χ0v) is 16.4. The molecule has 1 rings (SSSR count). The monoisotopic (exact) mass is 436 g/mol. The number of rotatable bonds is 10. The summed E-state index contributed by atoms with van der Waals surface area (Å²) in [6, 6.07) is 4.26. The maximum absolute atomic E-state index is 11.9. The van der Waals surface area contributed by atoms with Crippen LogP contribution >= 0.6 is 23.2 Å². The summed E-state index contributed by atoms with van der Waals surface area (Å²) in [5, 5.41) is 13.3. The molecule has 0 aliphatic rings. The molecule has 28 heavy (non-hydrogen) atoms. The summed E-state index contributed by atoms with van der Waals surface area (Å²) in [6.45, 7) is 1.55. The van der Waals surface area contributed by atoms with E-state index < -0.39 is 46.5 Å². The molecule has 2 atom stereocenters. The fourth-order valence-electron chi connectivity index (χ4n) is 2.08. The number of nitrogens with one attached hydrogen (secondary N) is 1. The Morgan fingerprint density at radius 3 is 2.14 bits per heavy atom. The van der Waals surface area contributed by atoms with Crippen LogP contribution in [0.2, 0.25) is 0 Å². The quantitative estimate of drug-likeness (QED) is 0.193. The van der Waals surface area contributed by atoms with Crippen molar-refractivity contribution in [2.24, 2.45) is 0 Å². The van der Waals surface area contributed by atoms with Crippen molar-refractivity contribution in [3.8, 4) is 0 Å². The van der Waals surface area contributed by atoms with Gasteiger partial charge in [0.2, 0.25) is 0 Å². The maximum atomic E-state index is 11.9. The van der Waals surface area contributed by atoms with Gasteiger partial charge in [-0.05, 0) is 17.7 Å². The molecule has 0 radical (unpaired) electrons. The van der Waals surface area contributed by atoms with E-state index in [4.69, 9.17) is 37.4 Å². The highest BCUT2D eigenvalue weighted by Crippen LogP contribution is 2.25. The van der Waals surface area contributed by atoms with Crippen LogP contribution in [0, 0.1) is 10.1 Å². The molecule has 1 aromatic rings. The molecule has 0 saturated carbocycles. The standard InChI is InChI=1S/C16H18Cl2N2O8/c1-9(21)26-7-13(19-16(23)15(17)18)14(28-8-27-10(2)22)11-3-5-12(6-4-11)20(24)25/h3-6,13-15H,7-8H2,1-2H3,(H,19,23)/t13-,14-/m1/s1. The van der Waals surface area contributed by atoms with Crippen molar-refractivity contribution in [3.05, 3.63) is 39.9 Å². The Labute approximate surface area is 170 Å². The highest BCUT2D eigenvalue weighted by molar-refractivity contribution is 6.53. The van der Waals surface area contributed by atoms with Crippen LogP contribution in [0.25, 0.3) is 0 Å². The summed E-state index contributed by atoms with van der Waals surface area (Å²) in [7, 11) is 0. The van der Waals surface area contributed by atoms with Crippen LogP contribution in [0.1, 0.15) is 25.5 Å². The van der Waals surface area contributed by atoms with Crippen molar-refractivity contribution in [2.75, 3.05) is 13.4 Å². The number of ether oxygens (including phenoxy) is 3.